The lowest BCUT2D eigenvalue weighted by atomic mass is 9.95. The Balaban J connectivity index is 0.000000208. The highest BCUT2D eigenvalue weighted by molar-refractivity contribution is 6.33. The zero-order chi connectivity index (χ0) is 62.2. The third-order valence-electron chi connectivity index (χ3n) is 14.8. The first-order valence-corrected chi connectivity index (χ1v) is 29.2. The Morgan fingerprint density at radius 1 is 0.400 bits per heavy atom. The van der Waals surface area contributed by atoms with E-state index in [0.29, 0.717) is 37.2 Å². The van der Waals surface area contributed by atoms with Crippen LogP contribution in [0.2, 0.25) is 10.0 Å². The average molecular weight is 1190 g/mol. The first kappa shape index (κ1) is 68.3. The van der Waals surface area contributed by atoms with Crippen LogP contribution < -0.4 is 26.0 Å². The topological polar surface area (TPSA) is 126 Å². The predicted molar refractivity (Wildman–Crippen MR) is 347 cm³/mol. The number of hydrogen-bond donors (Lipinski definition) is 4. The van der Waals surface area contributed by atoms with Gasteiger partial charge >= 0.3 is 0 Å². The SMILES string of the molecule is CN[C@@H](Cc1ccc(-c2cc(C(C)C)ccc2OC)cc1)C(C)=O.CN[C@@H](Cc1ccc(-c2ccc(F)c(Cl)c2)cc1)C(C)=O.CN[C@@H](Cc1ccc(-c2ccccc2Cl)cc1)C(C)=O.CN[C@@H](Cc1ccc(-c2ccccc2F)cc1)C(C)=O. The number of rotatable bonds is 22. The zero-order valence-electron chi connectivity index (χ0n) is 50.6. The van der Waals surface area contributed by atoms with Gasteiger partial charge in [-0.15, -0.1) is 0 Å². The van der Waals surface area contributed by atoms with Gasteiger partial charge in [0.05, 0.1) is 36.3 Å². The lowest BCUT2D eigenvalue weighted by molar-refractivity contribution is -0.119. The number of ether oxygens (including phenoxy) is 1. The van der Waals surface area contributed by atoms with Crippen molar-refractivity contribution in [1.82, 2.24) is 21.3 Å². The Kier molecular flexibility index (Phi) is 27.7. The molecule has 8 aromatic carbocycles. The van der Waals surface area contributed by atoms with Crippen LogP contribution >= 0.6 is 23.2 Å². The quantitative estimate of drug-likeness (QED) is 0.0525. The number of ketones is 4. The monoisotopic (exact) mass is 1190 g/mol. The van der Waals surface area contributed by atoms with Crippen LogP contribution in [-0.4, -0.2) is 82.6 Å². The van der Waals surface area contributed by atoms with Crippen LogP contribution in [0.1, 0.15) is 75.3 Å². The third kappa shape index (κ3) is 20.9. The second kappa shape index (κ2) is 34.5. The lowest BCUT2D eigenvalue weighted by Gasteiger charge is -2.15. The predicted octanol–water partition coefficient (Wildman–Crippen LogP) is 15.0. The van der Waals surface area contributed by atoms with Gasteiger partial charge in [0.25, 0.3) is 0 Å². The van der Waals surface area contributed by atoms with Crippen LogP contribution in [-0.2, 0) is 44.9 Å². The summed E-state index contributed by atoms with van der Waals surface area (Å²) in [5.41, 5.74) is 13.3. The third-order valence-corrected chi connectivity index (χ3v) is 15.4. The Bertz CT molecular complexity index is 3320. The molecule has 8 aromatic rings. The largest absolute Gasteiger partial charge is 0.496 e. The van der Waals surface area contributed by atoms with Gasteiger partial charge in [-0.2, -0.15) is 0 Å². The summed E-state index contributed by atoms with van der Waals surface area (Å²) in [6, 6.07) is 57.0. The molecule has 0 aliphatic carbocycles. The number of hydrogen-bond acceptors (Lipinski definition) is 9. The minimum atomic E-state index is -0.421. The number of likely N-dealkylation sites (N-methyl/N-ethyl adjacent to an activating group) is 4. The summed E-state index contributed by atoms with van der Waals surface area (Å²) in [6.45, 7) is 10.8. The maximum absolute atomic E-state index is 13.7. The molecule has 0 saturated heterocycles. The highest BCUT2D eigenvalue weighted by Gasteiger charge is 2.17. The maximum atomic E-state index is 13.7. The van der Waals surface area contributed by atoms with Gasteiger partial charge in [0.15, 0.2) is 0 Å². The first-order valence-electron chi connectivity index (χ1n) is 28.4. The normalized spacial score (nSPS) is 12.2. The molecular formula is C72H80Cl2F2N4O5. The fraction of sp³-hybridized carbons (Fsp3) is 0.278. The van der Waals surface area contributed by atoms with Crippen molar-refractivity contribution in [3.8, 4) is 50.3 Å². The van der Waals surface area contributed by atoms with E-state index in [1.807, 2.05) is 123 Å². The van der Waals surface area contributed by atoms with E-state index in [4.69, 9.17) is 27.9 Å². The van der Waals surface area contributed by atoms with Gasteiger partial charge in [-0.05, 0) is 180 Å². The fourth-order valence-electron chi connectivity index (χ4n) is 9.41. The van der Waals surface area contributed by atoms with Crippen molar-refractivity contribution in [3.63, 3.8) is 0 Å². The molecule has 446 valence electrons. The molecule has 0 unspecified atom stereocenters. The van der Waals surface area contributed by atoms with E-state index in [1.165, 1.54) is 17.7 Å². The van der Waals surface area contributed by atoms with Gasteiger partial charge < -0.3 is 26.0 Å². The number of nitrogens with one attached hydrogen (secondary N) is 4. The van der Waals surface area contributed by atoms with Gasteiger partial charge in [0.1, 0.15) is 40.5 Å². The molecule has 0 spiro atoms. The number of Topliss-reactive ketones (excluding diaryl/α,β-unsaturated/α-hetero) is 4. The van der Waals surface area contributed by atoms with Crippen molar-refractivity contribution in [3.05, 3.63) is 231 Å². The Labute approximate surface area is 512 Å². The van der Waals surface area contributed by atoms with Crippen molar-refractivity contribution < 1.29 is 32.7 Å². The van der Waals surface area contributed by atoms with Gasteiger partial charge in [0.2, 0.25) is 0 Å². The highest BCUT2D eigenvalue weighted by Crippen LogP contribution is 2.34. The number of carbonyl (C=O) groups is 4. The molecule has 0 aliphatic heterocycles. The second-order valence-corrected chi connectivity index (χ2v) is 21.9. The summed E-state index contributed by atoms with van der Waals surface area (Å²) in [6.07, 6.45) is 2.70. The van der Waals surface area contributed by atoms with Gasteiger partial charge in [-0.1, -0.05) is 183 Å². The molecule has 0 radical (unpaired) electrons. The van der Waals surface area contributed by atoms with Crippen molar-refractivity contribution in [2.75, 3.05) is 35.3 Å². The molecule has 0 fully saturated rings. The van der Waals surface area contributed by atoms with Crippen LogP contribution in [0.25, 0.3) is 44.5 Å². The van der Waals surface area contributed by atoms with E-state index >= 15 is 0 Å². The minimum absolute atomic E-state index is 0.114. The summed E-state index contributed by atoms with van der Waals surface area (Å²) in [5, 5.41) is 13.0. The number of halogens is 4. The highest BCUT2D eigenvalue weighted by atomic mass is 35.5. The van der Waals surface area contributed by atoms with Crippen LogP contribution in [0.5, 0.6) is 5.75 Å². The second-order valence-electron chi connectivity index (χ2n) is 21.1. The molecule has 9 nitrogen and oxygen atoms in total. The Hall–Kier alpha value is -7.48. The molecule has 13 heteroatoms. The lowest BCUT2D eigenvalue weighted by Crippen LogP contribution is -2.34. The van der Waals surface area contributed by atoms with E-state index in [2.05, 4.69) is 71.5 Å². The van der Waals surface area contributed by atoms with Crippen LogP contribution in [0, 0.1) is 11.6 Å². The van der Waals surface area contributed by atoms with Crippen molar-refractivity contribution >= 4 is 46.3 Å². The Morgan fingerprint density at radius 3 is 1.11 bits per heavy atom. The van der Waals surface area contributed by atoms with E-state index in [0.717, 1.165) is 72.0 Å². The summed E-state index contributed by atoms with van der Waals surface area (Å²) in [5.74, 6) is 1.26. The fourth-order valence-corrected chi connectivity index (χ4v) is 9.84. The number of methoxy groups -OCH3 is 1. The zero-order valence-corrected chi connectivity index (χ0v) is 52.1. The van der Waals surface area contributed by atoms with Gasteiger partial charge in [-0.3, -0.25) is 19.2 Å². The molecular weight excluding hydrogens is 1110 g/mol. The molecule has 0 saturated carbocycles. The molecule has 4 N–H and O–H groups in total. The van der Waals surface area contributed by atoms with E-state index in [1.54, 1.807) is 73.2 Å². The minimum Gasteiger partial charge on any atom is -0.496 e. The summed E-state index contributed by atoms with van der Waals surface area (Å²) in [7, 11) is 8.89. The van der Waals surface area contributed by atoms with E-state index < -0.39 is 5.82 Å². The molecule has 0 amide bonds. The number of benzene rings is 8. The molecule has 85 heavy (non-hydrogen) atoms. The van der Waals surface area contributed by atoms with Crippen molar-refractivity contribution in [1.29, 1.82) is 0 Å². The first-order chi connectivity index (χ1) is 40.7. The van der Waals surface area contributed by atoms with Gasteiger partial charge in [-0.25, -0.2) is 8.78 Å². The smallest absolute Gasteiger partial charge is 0.147 e. The molecule has 8 rings (SSSR count). The van der Waals surface area contributed by atoms with E-state index in [-0.39, 0.29) is 58.1 Å². The van der Waals surface area contributed by atoms with Crippen LogP contribution in [0.15, 0.2) is 182 Å². The molecule has 0 aromatic heterocycles. The number of carbonyl (C=O) groups excluding carboxylic acids is 4. The summed E-state index contributed by atoms with van der Waals surface area (Å²) in [4.78, 5) is 45.8. The standard InChI is InChI=1S/C21H27NO2.C17H17ClFNO.C17H18ClNO.C17H18FNO/c1-14(2)18-10-11-21(24-5)19(13-18)17-8-6-16(7-9-17)12-20(22-4)15(3)23;1-11(21)17(20-2)9-12-3-5-13(6-4-12)14-7-8-16(19)15(18)10-14;2*1-12(20)17(19-2)11-13-7-9-14(10-8-13)15-5-3-4-6-16(15)18/h6-11,13-14,20,22H,12H2,1-5H3;3-8,10,17,20H,9H2,1-2H3;2*3-10,17,19H,11H2,1-2H3/t20-;3*17-/m0000/s1. The molecule has 0 aliphatic rings. The Morgan fingerprint density at radius 2 is 0.753 bits per heavy atom. The summed E-state index contributed by atoms with van der Waals surface area (Å²) < 4.78 is 32.4. The maximum Gasteiger partial charge on any atom is 0.147 e. The summed E-state index contributed by atoms with van der Waals surface area (Å²) >= 11 is 12.0. The molecule has 4 atom stereocenters. The van der Waals surface area contributed by atoms with Crippen LogP contribution in [0.3, 0.4) is 0 Å². The molecule has 0 heterocycles. The average Bonchev–Trinajstić information content (AvgIpc) is 3.71. The van der Waals surface area contributed by atoms with Crippen LogP contribution in [0.4, 0.5) is 8.78 Å². The molecule has 0 bridgehead atoms. The van der Waals surface area contributed by atoms with Crippen molar-refractivity contribution in [2.45, 2.75) is 97.3 Å². The van der Waals surface area contributed by atoms with Crippen molar-refractivity contribution in [2.24, 2.45) is 0 Å². The van der Waals surface area contributed by atoms with E-state index in [9.17, 15) is 28.0 Å². The van der Waals surface area contributed by atoms with Gasteiger partial charge in [0, 0.05) is 21.7 Å².